The molecule has 0 amide bonds. The summed E-state index contributed by atoms with van der Waals surface area (Å²) in [7, 11) is 0. The van der Waals surface area contributed by atoms with Crippen molar-refractivity contribution in [3.8, 4) is 0 Å². The molecular weight excluding hydrogens is 585 g/mol. The molecule has 0 heterocycles. The molecular formula is C30H55O2PS3Zn. The standard InChI is InChI=1S/C30H55O2PS2.S.Zn/c1-3-5-7-9-11-13-15-17-19-24-28-31-33(34,35-30-26-22-21-23-27-30)32-29-25-20-18-16-14-12-10-8-6-4-2;;/h21-23,26-27H,3-20,24-25,28-29H2,1-2H3;;/q;-2;+2. The maximum atomic E-state index is 6.26. The first-order chi connectivity index (χ1) is 17.2. The first kappa shape index (κ1) is 40.3. The smallest absolute Gasteiger partial charge is 2.00 e. The van der Waals surface area contributed by atoms with E-state index in [1.54, 1.807) is 11.4 Å². The average Bonchev–Trinajstić information content (AvgIpc) is 2.86. The predicted molar refractivity (Wildman–Crippen MR) is 170 cm³/mol. The van der Waals surface area contributed by atoms with Gasteiger partial charge < -0.3 is 22.5 Å². The van der Waals surface area contributed by atoms with E-state index in [-0.39, 0.29) is 33.0 Å². The summed E-state index contributed by atoms with van der Waals surface area (Å²) in [6.07, 6.45) is 26.6. The Labute approximate surface area is 260 Å². The van der Waals surface area contributed by atoms with Gasteiger partial charge in [0.15, 0.2) is 0 Å². The van der Waals surface area contributed by atoms with Crippen molar-refractivity contribution in [2.75, 3.05) is 13.2 Å². The Balaban J connectivity index is 0. The van der Waals surface area contributed by atoms with E-state index in [1.807, 2.05) is 6.07 Å². The van der Waals surface area contributed by atoms with Crippen LogP contribution in [0.4, 0.5) is 0 Å². The van der Waals surface area contributed by atoms with E-state index in [2.05, 4.69) is 38.1 Å². The third-order valence-corrected chi connectivity index (χ3v) is 11.4. The Hall–Kier alpha value is 1.11. The van der Waals surface area contributed by atoms with E-state index in [4.69, 9.17) is 20.9 Å². The molecule has 212 valence electrons. The van der Waals surface area contributed by atoms with Gasteiger partial charge in [0.25, 0.3) is 5.69 Å². The van der Waals surface area contributed by atoms with Crippen molar-refractivity contribution in [3.63, 3.8) is 0 Å². The van der Waals surface area contributed by atoms with Gasteiger partial charge in [0.2, 0.25) is 0 Å². The summed E-state index contributed by atoms with van der Waals surface area (Å²) >= 11 is 7.59. The van der Waals surface area contributed by atoms with Gasteiger partial charge >= 0.3 is 19.5 Å². The topological polar surface area (TPSA) is 18.5 Å². The Morgan fingerprint density at radius 2 is 0.892 bits per heavy atom. The molecule has 0 spiro atoms. The molecule has 0 aliphatic carbocycles. The van der Waals surface area contributed by atoms with Gasteiger partial charge in [-0.25, -0.2) is 0 Å². The molecule has 1 rings (SSSR count). The number of unbranched alkanes of at least 4 members (excludes halogenated alkanes) is 18. The van der Waals surface area contributed by atoms with Gasteiger partial charge in [-0.15, -0.1) is 0 Å². The number of rotatable bonds is 26. The zero-order valence-electron chi connectivity index (χ0n) is 24.1. The third-order valence-electron chi connectivity index (χ3n) is 6.46. The maximum Gasteiger partial charge on any atom is 2.00 e. The van der Waals surface area contributed by atoms with Crippen LogP contribution < -0.4 is 0 Å². The van der Waals surface area contributed by atoms with Crippen LogP contribution in [0.2, 0.25) is 0 Å². The molecule has 37 heavy (non-hydrogen) atoms. The maximum absolute atomic E-state index is 6.26. The van der Waals surface area contributed by atoms with Gasteiger partial charge in [-0.05, 0) is 48.2 Å². The van der Waals surface area contributed by atoms with E-state index in [1.165, 1.54) is 116 Å². The fourth-order valence-corrected chi connectivity index (χ4v) is 8.78. The Bertz CT molecular complexity index is 592. The summed E-state index contributed by atoms with van der Waals surface area (Å²) in [5, 5.41) is 0. The summed E-state index contributed by atoms with van der Waals surface area (Å²) in [5.74, 6) is 0. The summed E-state index contributed by atoms with van der Waals surface area (Å²) in [5.41, 5.74) is -2.35. The van der Waals surface area contributed by atoms with Crippen LogP contribution in [-0.2, 0) is 53.8 Å². The summed E-state index contributed by atoms with van der Waals surface area (Å²) in [6, 6.07) is 10.4. The van der Waals surface area contributed by atoms with Crippen LogP contribution in [0.15, 0.2) is 35.2 Å². The van der Waals surface area contributed by atoms with Crippen LogP contribution in [0.3, 0.4) is 0 Å². The molecule has 1 aromatic rings. The van der Waals surface area contributed by atoms with Crippen molar-refractivity contribution in [3.05, 3.63) is 30.3 Å². The molecule has 0 saturated heterocycles. The van der Waals surface area contributed by atoms with Gasteiger partial charge in [-0.3, -0.25) is 0 Å². The van der Waals surface area contributed by atoms with Gasteiger partial charge in [0.1, 0.15) is 0 Å². The molecule has 0 aliphatic heterocycles. The van der Waals surface area contributed by atoms with Crippen LogP contribution in [0.25, 0.3) is 0 Å². The Kier molecular flexibility index (Phi) is 32.7. The number of hydrogen-bond donors (Lipinski definition) is 0. The summed E-state index contributed by atoms with van der Waals surface area (Å²) in [6.45, 7) is 6.02. The number of hydrogen-bond acceptors (Lipinski definition) is 4. The normalized spacial score (nSPS) is 11.2. The second kappa shape index (κ2) is 30.1. The molecule has 0 bridgehead atoms. The number of benzene rings is 1. The van der Waals surface area contributed by atoms with Gasteiger partial charge in [-0.1, -0.05) is 148 Å². The van der Waals surface area contributed by atoms with E-state index >= 15 is 0 Å². The molecule has 0 aromatic heterocycles. The monoisotopic (exact) mass is 638 g/mol. The largest absolute Gasteiger partial charge is 2.00 e. The van der Waals surface area contributed by atoms with Gasteiger partial charge in [0.05, 0.1) is 13.2 Å². The van der Waals surface area contributed by atoms with Crippen LogP contribution in [-0.4, -0.2) is 13.2 Å². The van der Waals surface area contributed by atoms with Crippen molar-refractivity contribution in [1.29, 1.82) is 0 Å². The zero-order valence-corrected chi connectivity index (χ0v) is 30.4. The van der Waals surface area contributed by atoms with Crippen molar-refractivity contribution in [1.82, 2.24) is 0 Å². The minimum Gasteiger partial charge on any atom is -2.00 e. The fourth-order valence-electron chi connectivity index (χ4n) is 4.23. The van der Waals surface area contributed by atoms with Crippen LogP contribution >= 0.6 is 17.1 Å². The quantitative estimate of drug-likeness (QED) is 0.0570. The molecule has 1 aromatic carbocycles. The third kappa shape index (κ3) is 25.8. The first-order valence-corrected chi connectivity index (χ1v) is 18.9. The Morgan fingerprint density at radius 3 is 1.24 bits per heavy atom. The van der Waals surface area contributed by atoms with Crippen LogP contribution in [0, 0.1) is 0 Å². The molecule has 0 saturated carbocycles. The van der Waals surface area contributed by atoms with Crippen molar-refractivity contribution >= 4 is 42.4 Å². The molecule has 2 nitrogen and oxygen atoms in total. The van der Waals surface area contributed by atoms with Crippen LogP contribution in [0.5, 0.6) is 0 Å². The molecule has 0 unspecified atom stereocenters. The minimum atomic E-state index is -2.35. The SMILES string of the molecule is CCCCCCCCCCCCOP(=S)(OCCCCCCCCCCCC)Sc1ccccc1.[S-2].[Zn+2]. The average molecular weight is 640 g/mol. The molecule has 0 aliphatic rings. The van der Waals surface area contributed by atoms with E-state index in [0.717, 1.165) is 31.0 Å². The van der Waals surface area contributed by atoms with E-state index < -0.39 is 5.69 Å². The fraction of sp³-hybridized carbons (Fsp3) is 0.800. The second-order valence-corrected chi connectivity index (χ2v) is 16.1. The summed E-state index contributed by atoms with van der Waals surface area (Å²) < 4.78 is 12.5. The molecule has 0 atom stereocenters. The van der Waals surface area contributed by atoms with Crippen molar-refractivity contribution in [2.45, 2.75) is 147 Å². The van der Waals surface area contributed by atoms with Crippen molar-refractivity contribution < 1.29 is 28.5 Å². The molecule has 0 radical (unpaired) electrons. The Morgan fingerprint density at radius 1 is 0.568 bits per heavy atom. The molecule has 0 N–H and O–H groups in total. The summed E-state index contributed by atoms with van der Waals surface area (Å²) in [4.78, 5) is 1.15. The van der Waals surface area contributed by atoms with E-state index in [0.29, 0.717) is 0 Å². The second-order valence-electron chi connectivity index (χ2n) is 9.88. The molecule has 0 fully saturated rings. The van der Waals surface area contributed by atoms with Crippen molar-refractivity contribution in [2.24, 2.45) is 0 Å². The van der Waals surface area contributed by atoms with E-state index in [9.17, 15) is 0 Å². The zero-order chi connectivity index (χ0) is 25.3. The minimum absolute atomic E-state index is 0. The van der Waals surface area contributed by atoms with Gasteiger partial charge in [0, 0.05) is 4.90 Å². The first-order valence-electron chi connectivity index (χ1n) is 14.8. The van der Waals surface area contributed by atoms with Crippen LogP contribution in [0.1, 0.15) is 142 Å². The van der Waals surface area contributed by atoms with Gasteiger partial charge in [-0.2, -0.15) is 0 Å². The predicted octanol–water partition coefficient (Wildman–Crippen LogP) is 11.9. The molecule has 7 heteroatoms.